The molecule has 1 aromatic heterocycles. The SMILES string of the molecule is NCc1ccccc1COCc1cccs1. The van der Waals surface area contributed by atoms with Crippen LogP contribution in [0.2, 0.25) is 0 Å². The summed E-state index contributed by atoms with van der Waals surface area (Å²) in [5.41, 5.74) is 8.01. The van der Waals surface area contributed by atoms with Gasteiger partial charge in [-0.2, -0.15) is 0 Å². The predicted octanol–water partition coefficient (Wildman–Crippen LogP) is 2.92. The summed E-state index contributed by atoms with van der Waals surface area (Å²) >= 11 is 1.72. The largest absolute Gasteiger partial charge is 0.371 e. The maximum absolute atomic E-state index is 5.66. The highest BCUT2D eigenvalue weighted by atomic mass is 32.1. The van der Waals surface area contributed by atoms with E-state index in [1.807, 2.05) is 24.3 Å². The first-order valence-corrected chi connectivity index (χ1v) is 6.15. The Hall–Kier alpha value is -1.16. The van der Waals surface area contributed by atoms with E-state index in [0.717, 1.165) is 5.56 Å². The van der Waals surface area contributed by atoms with Crippen molar-refractivity contribution in [3.63, 3.8) is 0 Å². The van der Waals surface area contributed by atoms with Crippen molar-refractivity contribution in [2.45, 2.75) is 19.8 Å². The quantitative estimate of drug-likeness (QED) is 0.861. The van der Waals surface area contributed by atoms with Gasteiger partial charge in [0.25, 0.3) is 0 Å². The summed E-state index contributed by atoms with van der Waals surface area (Å²) in [6.07, 6.45) is 0. The van der Waals surface area contributed by atoms with E-state index in [9.17, 15) is 0 Å². The normalized spacial score (nSPS) is 10.6. The van der Waals surface area contributed by atoms with Crippen molar-refractivity contribution in [1.82, 2.24) is 0 Å². The second-order valence-corrected chi connectivity index (χ2v) is 4.58. The summed E-state index contributed by atoms with van der Waals surface area (Å²) in [7, 11) is 0. The zero-order valence-corrected chi connectivity index (χ0v) is 9.87. The molecular weight excluding hydrogens is 218 g/mol. The van der Waals surface area contributed by atoms with Gasteiger partial charge in [0.15, 0.2) is 0 Å². The van der Waals surface area contributed by atoms with E-state index >= 15 is 0 Å². The number of hydrogen-bond donors (Lipinski definition) is 1. The van der Waals surface area contributed by atoms with Gasteiger partial charge in [0.1, 0.15) is 0 Å². The molecule has 2 nitrogen and oxygen atoms in total. The molecular formula is C13H15NOS. The molecule has 0 amide bonds. The highest BCUT2D eigenvalue weighted by molar-refractivity contribution is 7.09. The smallest absolute Gasteiger partial charge is 0.0813 e. The molecule has 0 fully saturated rings. The fourth-order valence-electron chi connectivity index (χ4n) is 1.55. The zero-order chi connectivity index (χ0) is 11.2. The lowest BCUT2D eigenvalue weighted by molar-refractivity contribution is 0.108. The van der Waals surface area contributed by atoms with E-state index in [2.05, 4.69) is 17.5 Å². The molecule has 2 N–H and O–H groups in total. The molecule has 0 saturated heterocycles. The summed E-state index contributed by atoms with van der Waals surface area (Å²) in [5, 5.41) is 2.06. The zero-order valence-electron chi connectivity index (χ0n) is 9.06. The lowest BCUT2D eigenvalue weighted by Crippen LogP contribution is -2.02. The number of nitrogens with two attached hydrogens (primary N) is 1. The number of thiophene rings is 1. The van der Waals surface area contributed by atoms with Crippen molar-refractivity contribution in [1.29, 1.82) is 0 Å². The third-order valence-electron chi connectivity index (χ3n) is 2.42. The van der Waals surface area contributed by atoms with Crippen molar-refractivity contribution in [2.24, 2.45) is 5.73 Å². The highest BCUT2D eigenvalue weighted by Crippen LogP contribution is 2.13. The standard InChI is InChI=1S/C13H15NOS/c14-8-11-4-1-2-5-12(11)9-15-10-13-6-3-7-16-13/h1-7H,8-10,14H2. The van der Waals surface area contributed by atoms with Crippen LogP contribution in [0.5, 0.6) is 0 Å². The van der Waals surface area contributed by atoms with Gasteiger partial charge < -0.3 is 10.5 Å². The van der Waals surface area contributed by atoms with Crippen LogP contribution in [-0.4, -0.2) is 0 Å². The number of rotatable bonds is 5. The molecule has 84 valence electrons. The highest BCUT2D eigenvalue weighted by Gasteiger charge is 2.00. The molecule has 0 aliphatic rings. The van der Waals surface area contributed by atoms with E-state index in [0.29, 0.717) is 19.8 Å². The average Bonchev–Trinajstić information content (AvgIpc) is 2.83. The molecule has 0 bridgehead atoms. The van der Waals surface area contributed by atoms with Gasteiger partial charge in [0.05, 0.1) is 13.2 Å². The van der Waals surface area contributed by atoms with Crippen LogP contribution in [0, 0.1) is 0 Å². The Labute approximate surface area is 99.7 Å². The molecule has 0 saturated carbocycles. The molecule has 0 radical (unpaired) electrons. The Morgan fingerprint density at radius 1 is 1.00 bits per heavy atom. The molecule has 0 atom stereocenters. The lowest BCUT2D eigenvalue weighted by atomic mass is 10.1. The molecule has 1 aromatic carbocycles. The summed E-state index contributed by atoms with van der Waals surface area (Å²) in [5.74, 6) is 0. The summed E-state index contributed by atoms with van der Waals surface area (Å²) in [6.45, 7) is 1.88. The van der Waals surface area contributed by atoms with Crippen LogP contribution in [0.15, 0.2) is 41.8 Å². The van der Waals surface area contributed by atoms with Crippen molar-refractivity contribution in [2.75, 3.05) is 0 Å². The lowest BCUT2D eigenvalue weighted by Gasteiger charge is -2.07. The second-order valence-electron chi connectivity index (χ2n) is 3.54. The third-order valence-corrected chi connectivity index (χ3v) is 3.27. The second kappa shape index (κ2) is 5.80. The minimum atomic E-state index is 0.568. The minimum absolute atomic E-state index is 0.568. The molecule has 3 heteroatoms. The number of hydrogen-bond acceptors (Lipinski definition) is 3. The predicted molar refractivity (Wildman–Crippen MR) is 67.1 cm³/mol. The Kier molecular flexibility index (Phi) is 4.10. The number of benzene rings is 1. The first-order valence-electron chi connectivity index (χ1n) is 5.27. The summed E-state index contributed by atoms with van der Waals surface area (Å²) < 4.78 is 5.66. The molecule has 2 aromatic rings. The van der Waals surface area contributed by atoms with E-state index < -0.39 is 0 Å². The summed E-state index contributed by atoms with van der Waals surface area (Å²) in [6, 6.07) is 12.3. The minimum Gasteiger partial charge on any atom is -0.371 e. The van der Waals surface area contributed by atoms with Crippen LogP contribution >= 0.6 is 11.3 Å². The summed E-state index contributed by atoms with van der Waals surface area (Å²) in [4.78, 5) is 1.25. The van der Waals surface area contributed by atoms with Crippen molar-refractivity contribution >= 4 is 11.3 Å². The Bertz CT molecular complexity index is 425. The third kappa shape index (κ3) is 2.92. The van der Waals surface area contributed by atoms with Crippen LogP contribution in [-0.2, 0) is 24.5 Å². The molecule has 1 heterocycles. The topological polar surface area (TPSA) is 35.2 Å². The Morgan fingerprint density at radius 2 is 1.81 bits per heavy atom. The fraction of sp³-hybridized carbons (Fsp3) is 0.231. The van der Waals surface area contributed by atoms with Gasteiger partial charge in [-0.15, -0.1) is 11.3 Å². The van der Waals surface area contributed by atoms with Crippen molar-refractivity contribution < 1.29 is 4.74 Å². The molecule has 0 aliphatic carbocycles. The van der Waals surface area contributed by atoms with Gasteiger partial charge in [-0.3, -0.25) is 0 Å². The van der Waals surface area contributed by atoms with E-state index in [4.69, 9.17) is 10.5 Å². The van der Waals surface area contributed by atoms with Gasteiger partial charge >= 0.3 is 0 Å². The first kappa shape index (κ1) is 11.3. The van der Waals surface area contributed by atoms with Gasteiger partial charge in [0, 0.05) is 11.4 Å². The number of ether oxygens (including phenoxy) is 1. The van der Waals surface area contributed by atoms with Crippen LogP contribution in [0.1, 0.15) is 16.0 Å². The monoisotopic (exact) mass is 233 g/mol. The molecule has 0 unspecified atom stereocenters. The van der Waals surface area contributed by atoms with Gasteiger partial charge in [0.2, 0.25) is 0 Å². The Morgan fingerprint density at radius 3 is 2.50 bits per heavy atom. The van der Waals surface area contributed by atoms with E-state index in [1.54, 1.807) is 11.3 Å². The van der Waals surface area contributed by atoms with Crippen molar-refractivity contribution in [3.05, 3.63) is 57.8 Å². The van der Waals surface area contributed by atoms with Crippen LogP contribution in [0.3, 0.4) is 0 Å². The fourth-order valence-corrected chi connectivity index (χ4v) is 2.19. The molecule has 16 heavy (non-hydrogen) atoms. The Balaban J connectivity index is 1.89. The van der Waals surface area contributed by atoms with Crippen molar-refractivity contribution in [3.8, 4) is 0 Å². The molecule has 0 aliphatic heterocycles. The van der Waals surface area contributed by atoms with E-state index in [-0.39, 0.29) is 0 Å². The van der Waals surface area contributed by atoms with Gasteiger partial charge in [-0.25, -0.2) is 0 Å². The maximum atomic E-state index is 5.66. The van der Waals surface area contributed by atoms with Crippen LogP contribution in [0.25, 0.3) is 0 Å². The molecule has 0 spiro atoms. The molecule has 2 rings (SSSR count). The van der Waals surface area contributed by atoms with Gasteiger partial charge in [-0.1, -0.05) is 30.3 Å². The first-order chi connectivity index (χ1) is 7.90. The maximum Gasteiger partial charge on any atom is 0.0813 e. The van der Waals surface area contributed by atoms with Crippen LogP contribution < -0.4 is 5.73 Å². The average molecular weight is 233 g/mol. The van der Waals surface area contributed by atoms with Gasteiger partial charge in [-0.05, 0) is 22.6 Å². The van der Waals surface area contributed by atoms with Crippen LogP contribution in [0.4, 0.5) is 0 Å². The van der Waals surface area contributed by atoms with E-state index in [1.165, 1.54) is 10.4 Å².